The number of anilines is 1. The summed E-state index contributed by atoms with van der Waals surface area (Å²) in [4.78, 5) is 22.1. The molecule has 2 aromatic rings. The largest absolute Gasteiger partial charge is 0.383 e. The van der Waals surface area contributed by atoms with Crippen molar-refractivity contribution < 1.29 is 14.1 Å². The SMILES string of the molecule is C[C@@H](CNc1ccc([N+](=O)[O-])cc1)NC(=O)c1ccccc1F. The van der Waals surface area contributed by atoms with Crippen LogP contribution in [0.4, 0.5) is 15.8 Å². The lowest BCUT2D eigenvalue weighted by Crippen LogP contribution is -2.37. The monoisotopic (exact) mass is 317 g/mol. The van der Waals surface area contributed by atoms with Crippen molar-refractivity contribution in [1.29, 1.82) is 0 Å². The molecule has 120 valence electrons. The molecule has 6 nitrogen and oxygen atoms in total. The van der Waals surface area contributed by atoms with E-state index in [1.54, 1.807) is 25.1 Å². The zero-order valence-electron chi connectivity index (χ0n) is 12.5. The van der Waals surface area contributed by atoms with E-state index in [4.69, 9.17) is 0 Å². The maximum Gasteiger partial charge on any atom is 0.269 e. The molecule has 0 fully saturated rings. The van der Waals surface area contributed by atoms with E-state index in [1.807, 2.05) is 0 Å². The zero-order valence-corrected chi connectivity index (χ0v) is 12.5. The van der Waals surface area contributed by atoms with Crippen molar-refractivity contribution in [2.75, 3.05) is 11.9 Å². The number of halogens is 1. The molecule has 0 saturated carbocycles. The molecule has 0 saturated heterocycles. The number of nitro groups is 1. The highest BCUT2D eigenvalue weighted by Gasteiger charge is 2.13. The number of nitrogens with one attached hydrogen (secondary N) is 2. The Kier molecular flexibility index (Phi) is 5.24. The van der Waals surface area contributed by atoms with Crippen LogP contribution in [-0.4, -0.2) is 23.4 Å². The molecule has 0 aliphatic rings. The molecule has 23 heavy (non-hydrogen) atoms. The van der Waals surface area contributed by atoms with Gasteiger partial charge in [-0.25, -0.2) is 4.39 Å². The second kappa shape index (κ2) is 7.35. The van der Waals surface area contributed by atoms with E-state index in [1.165, 1.54) is 30.3 Å². The predicted octanol–water partition coefficient (Wildman–Crippen LogP) is 2.96. The van der Waals surface area contributed by atoms with Crippen LogP contribution in [-0.2, 0) is 0 Å². The summed E-state index contributed by atoms with van der Waals surface area (Å²) in [5, 5.41) is 16.3. The number of hydrogen-bond acceptors (Lipinski definition) is 4. The normalized spacial score (nSPS) is 11.6. The summed E-state index contributed by atoms with van der Waals surface area (Å²) >= 11 is 0. The van der Waals surface area contributed by atoms with Gasteiger partial charge in [0.2, 0.25) is 0 Å². The number of hydrogen-bond donors (Lipinski definition) is 2. The van der Waals surface area contributed by atoms with Gasteiger partial charge >= 0.3 is 0 Å². The number of amides is 1. The van der Waals surface area contributed by atoms with Gasteiger partial charge < -0.3 is 10.6 Å². The third-order valence-corrected chi connectivity index (χ3v) is 3.19. The summed E-state index contributed by atoms with van der Waals surface area (Å²) in [6.07, 6.45) is 0. The van der Waals surface area contributed by atoms with Gasteiger partial charge in [0.05, 0.1) is 10.5 Å². The summed E-state index contributed by atoms with van der Waals surface area (Å²) in [6.45, 7) is 2.18. The van der Waals surface area contributed by atoms with Gasteiger partial charge in [-0.15, -0.1) is 0 Å². The maximum absolute atomic E-state index is 13.5. The highest BCUT2D eigenvalue weighted by atomic mass is 19.1. The summed E-state index contributed by atoms with van der Waals surface area (Å²) in [5.74, 6) is -1.05. The number of benzene rings is 2. The first-order chi connectivity index (χ1) is 11.0. The van der Waals surface area contributed by atoms with Crippen molar-refractivity contribution in [2.45, 2.75) is 13.0 Å². The van der Waals surface area contributed by atoms with Gasteiger partial charge in [-0.05, 0) is 31.2 Å². The van der Waals surface area contributed by atoms with E-state index in [0.717, 1.165) is 0 Å². The molecule has 2 N–H and O–H groups in total. The lowest BCUT2D eigenvalue weighted by molar-refractivity contribution is -0.384. The third-order valence-electron chi connectivity index (χ3n) is 3.19. The van der Waals surface area contributed by atoms with Crippen LogP contribution in [0.3, 0.4) is 0 Å². The second-order valence-corrected chi connectivity index (χ2v) is 5.04. The van der Waals surface area contributed by atoms with Crippen LogP contribution < -0.4 is 10.6 Å². The molecule has 0 aliphatic carbocycles. The van der Waals surface area contributed by atoms with Crippen LogP contribution >= 0.6 is 0 Å². The molecule has 0 unspecified atom stereocenters. The van der Waals surface area contributed by atoms with E-state index >= 15 is 0 Å². The van der Waals surface area contributed by atoms with Crippen LogP contribution in [0.1, 0.15) is 17.3 Å². The molecule has 0 radical (unpaired) electrons. The molecular formula is C16H16FN3O3. The summed E-state index contributed by atoms with van der Waals surface area (Å²) < 4.78 is 13.5. The summed E-state index contributed by atoms with van der Waals surface area (Å²) in [5.41, 5.74) is 0.703. The van der Waals surface area contributed by atoms with Gasteiger partial charge in [-0.1, -0.05) is 12.1 Å². The minimum absolute atomic E-state index is 0.00492. The summed E-state index contributed by atoms with van der Waals surface area (Å²) in [6, 6.07) is 11.5. The molecule has 0 heterocycles. The van der Waals surface area contributed by atoms with Crippen molar-refractivity contribution >= 4 is 17.3 Å². The van der Waals surface area contributed by atoms with E-state index in [2.05, 4.69) is 10.6 Å². The third kappa shape index (κ3) is 4.50. The number of nitro benzene ring substituents is 1. The van der Waals surface area contributed by atoms with E-state index < -0.39 is 16.6 Å². The lowest BCUT2D eigenvalue weighted by Gasteiger charge is -2.15. The second-order valence-electron chi connectivity index (χ2n) is 5.04. The van der Waals surface area contributed by atoms with Gasteiger partial charge in [0.25, 0.3) is 11.6 Å². The highest BCUT2D eigenvalue weighted by molar-refractivity contribution is 5.94. The number of rotatable bonds is 6. The van der Waals surface area contributed by atoms with Crippen LogP contribution in [0.25, 0.3) is 0 Å². The number of nitrogens with zero attached hydrogens (tertiary/aromatic N) is 1. The predicted molar refractivity (Wildman–Crippen MR) is 84.9 cm³/mol. The lowest BCUT2D eigenvalue weighted by atomic mass is 10.2. The molecule has 2 aromatic carbocycles. The molecule has 0 bridgehead atoms. The van der Waals surface area contributed by atoms with Crippen LogP contribution in [0, 0.1) is 15.9 Å². The Morgan fingerprint density at radius 3 is 2.48 bits per heavy atom. The number of carbonyl (C=O) groups is 1. The van der Waals surface area contributed by atoms with Gasteiger partial charge in [-0.3, -0.25) is 14.9 Å². The molecule has 0 aromatic heterocycles. The zero-order chi connectivity index (χ0) is 16.8. The first-order valence-corrected chi connectivity index (χ1v) is 7.01. The molecule has 1 atom stereocenters. The Labute approximate surface area is 132 Å². The van der Waals surface area contributed by atoms with E-state index in [0.29, 0.717) is 12.2 Å². The van der Waals surface area contributed by atoms with Crippen molar-refractivity contribution in [3.8, 4) is 0 Å². The Morgan fingerprint density at radius 1 is 1.22 bits per heavy atom. The molecular weight excluding hydrogens is 301 g/mol. The maximum atomic E-state index is 13.5. The Bertz CT molecular complexity index is 704. The first kappa shape index (κ1) is 16.4. The van der Waals surface area contributed by atoms with Crippen LogP contribution in [0.5, 0.6) is 0 Å². The van der Waals surface area contributed by atoms with Gasteiger partial charge in [0.15, 0.2) is 0 Å². The van der Waals surface area contributed by atoms with Crippen LogP contribution in [0.15, 0.2) is 48.5 Å². The molecule has 0 spiro atoms. The average Bonchev–Trinajstić information content (AvgIpc) is 2.53. The molecule has 0 aliphatic heterocycles. The van der Waals surface area contributed by atoms with Crippen LogP contribution in [0.2, 0.25) is 0 Å². The minimum Gasteiger partial charge on any atom is -0.383 e. The fourth-order valence-electron chi connectivity index (χ4n) is 1.97. The van der Waals surface area contributed by atoms with Crippen molar-refractivity contribution in [1.82, 2.24) is 5.32 Å². The van der Waals surface area contributed by atoms with Crippen molar-refractivity contribution in [3.63, 3.8) is 0 Å². The molecule has 7 heteroatoms. The van der Waals surface area contributed by atoms with Gasteiger partial charge in [0, 0.05) is 30.4 Å². The molecule has 2 rings (SSSR count). The van der Waals surface area contributed by atoms with Crippen molar-refractivity contribution in [3.05, 3.63) is 70.0 Å². The topological polar surface area (TPSA) is 84.3 Å². The molecule has 1 amide bonds. The highest BCUT2D eigenvalue weighted by Crippen LogP contribution is 2.15. The Hall–Kier alpha value is -2.96. The standard InChI is InChI=1S/C16H16FN3O3/c1-11(19-16(21)14-4-2-3-5-15(14)17)10-18-12-6-8-13(9-7-12)20(22)23/h2-9,11,18H,10H2,1H3,(H,19,21)/t11-/m0/s1. The average molecular weight is 317 g/mol. The fraction of sp³-hybridized carbons (Fsp3) is 0.188. The van der Waals surface area contributed by atoms with E-state index in [9.17, 15) is 19.3 Å². The number of carbonyl (C=O) groups excluding carboxylic acids is 1. The van der Waals surface area contributed by atoms with Gasteiger partial charge in [0.1, 0.15) is 5.82 Å². The quantitative estimate of drug-likeness (QED) is 0.633. The minimum atomic E-state index is -0.569. The fourth-order valence-corrected chi connectivity index (χ4v) is 1.97. The van der Waals surface area contributed by atoms with E-state index in [-0.39, 0.29) is 17.3 Å². The smallest absolute Gasteiger partial charge is 0.269 e. The van der Waals surface area contributed by atoms with Crippen molar-refractivity contribution in [2.24, 2.45) is 0 Å². The van der Waals surface area contributed by atoms with Gasteiger partial charge in [-0.2, -0.15) is 0 Å². The number of non-ortho nitro benzene ring substituents is 1. The Balaban J connectivity index is 1.87. The summed E-state index contributed by atoms with van der Waals surface area (Å²) in [7, 11) is 0. The Morgan fingerprint density at radius 2 is 1.87 bits per heavy atom. The first-order valence-electron chi connectivity index (χ1n) is 7.01.